The molecule has 5 nitrogen and oxygen atoms in total. The fourth-order valence-corrected chi connectivity index (χ4v) is 2.17. The highest BCUT2D eigenvalue weighted by atomic mass is 16.5. The molecule has 0 saturated heterocycles. The van der Waals surface area contributed by atoms with Gasteiger partial charge < -0.3 is 14.8 Å². The fourth-order valence-electron chi connectivity index (χ4n) is 2.17. The molecule has 0 aromatic heterocycles. The molecule has 0 heterocycles. The predicted octanol–water partition coefficient (Wildman–Crippen LogP) is 3.74. The Morgan fingerprint density at radius 3 is 2.29 bits per heavy atom. The lowest BCUT2D eigenvalue weighted by atomic mass is 10.1. The Kier molecular flexibility index (Phi) is 6.37. The first-order chi connectivity index (χ1) is 11.5. The van der Waals surface area contributed by atoms with Crippen LogP contribution in [0.4, 0.5) is 4.79 Å². The van der Waals surface area contributed by atoms with E-state index in [1.807, 2.05) is 61.5 Å². The van der Waals surface area contributed by atoms with E-state index in [0.717, 1.165) is 16.7 Å². The van der Waals surface area contributed by atoms with Gasteiger partial charge in [-0.1, -0.05) is 54.6 Å². The first-order valence-electron chi connectivity index (χ1n) is 7.75. The molecule has 0 spiro atoms. The smallest absolute Gasteiger partial charge is 0.407 e. The maximum absolute atomic E-state index is 11.7. The summed E-state index contributed by atoms with van der Waals surface area (Å²) in [5, 5.41) is 2.70. The molecule has 5 heteroatoms. The average Bonchev–Trinajstić information content (AvgIpc) is 2.59. The van der Waals surface area contributed by atoms with E-state index in [2.05, 4.69) is 5.32 Å². The maximum Gasteiger partial charge on any atom is 0.407 e. The average molecular weight is 327 g/mol. The minimum atomic E-state index is -0.462. The molecule has 0 aliphatic carbocycles. The number of hydrogen-bond acceptors (Lipinski definition) is 4. The van der Waals surface area contributed by atoms with Crippen molar-refractivity contribution >= 4 is 12.1 Å². The molecule has 0 saturated carbocycles. The van der Waals surface area contributed by atoms with Crippen LogP contribution in [0, 0.1) is 0 Å². The van der Waals surface area contributed by atoms with E-state index in [-0.39, 0.29) is 18.7 Å². The number of ether oxygens (including phenoxy) is 2. The fraction of sp³-hybridized carbons (Fsp3) is 0.263. The van der Waals surface area contributed by atoms with Gasteiger partial charge in [0.05, 0.1) is 0 Å². The van der Waals surface area contributed by atoms with Gasteiger partial charge in [-0.15, -0.1) is 0 Å². The summed E-state index contributed by atoms with van der Waals surface area (Å²) in [4.78, 5) is 22.6. The summed E-state index contributed by atoms with van der Waals surface area (Å²) in [7, 11) is 0. The minimum absolute atomic E-state index is 0.242. The second kappa shape index (κ2) is 8.72. The van der Waals surface area contributed by atoms with Gasteiger partial charge in [-0.05, 0) is 23.6 Å². The number of hydrogen-bond donors (Lipinski definition) is 1. The van der Waals surface area contributed by atoms with E-state index in [1.54, 1.807) is 0 Å². The molecule has 1 amide bonds. The predicted molar refractivity (Wildman–Crippen MR) is 90.1 cm³/mol. The normalized spacial score (nSPS) is 11.4. The summed E-state index contributed by atoms with van der Waals surface area (Å²) in [5.41, 5.74) is 2.78. The molecule has 0 aliphatic rings. The second-order valence-electron chi connectivity index (χ2n) is 5.41. The molecule has 1 N–H and O–H groups in total. The van der Waals surface area contributed by atoms with Crippen LogP contribution in [0.5, 0.6) is 0 Å². The van der Waals surface area contributed by atoms with Crippen molar-refractivity contribution < 1.29 is 19.1 Å². The van der Waals surface area contributed by atoms with E-state index in [1.165, 1.54) is 6.92 Å². The van der Waals surface area contributed by atoms with Crippen LogP contribution in [-0.2, 0) is 27.4 Å². The molecule has 2 aromatic rings. The highest BCUT2D eigenvalue weighted by Crippen LogP contribution is 2.17. The third kappa shape index (κ3) is 5.76. The van der Waals surface area contributed by atoms with E-state index < -0.39 is 6.09 Å². The van der Waals surface area contributed by atoms with Crippen molar-refractivity contribution in [3.8, 4) is 0 Å². The Balaban J connectivity index is 1.77. The molecule has 126 valence electrons. The van der Waals surface area contributed by atoms with Gasteiger partial charge in [-0.3, -0.25) is 4.79 Å². The number of esters is 1. The molecule has 2 aromatic carbocycles. The lowest BCUT2D eigenvalue weighted by Crippen LogP contribution is -2.23. The molecule has 1 unspecified atom stereocenters. The van der Waals surface area contributed by atoms with Crippen molar-refractivity contribution in [2.24, 2.45) is 0 Å². The summed E-state index contributed by atoms with van der Waals surface area (Å²) in [6.07, 6.45) is -0.753. The molecule has 2 rings (SSSR count). The van der Waals surface area contributed by atoms with E-state index >= 15 is 0 Å². The van der Waals surface area contributed by atoms with E-state index in [0.29, 0.717) is 6.54 Å². The van der Waals surface area contributed by atoms with Gasteiger partial charge in [0.15, 0.2) is 0 Å². The number of carbonyl (C=O) groups is 2. The van der Waals surface area contributed by atoms with Gasteiger partial charge in [0.2, 0.25) is 0 Å². The van der Waals surface area contributed by atoms with Crippen LogP contribution >= 0.6 is 0 Å². The highest BCUT2D eigenvalue weighted by molar-refractivity contribution is 5.67. The summed E-state index contributed by atoms with van der Waals surface area (Å²) in [5.74, 6) is -0.311. The van der Waals surface area contributed by atoms with E-state index in [9.17, 15) is 9.59 Å². The second-order valence-corrected chi connectivity index (χ2v) is 5.41. The Morgan fingerprint density at radius 2 is 1.67 bits per heavy atom. The van der Waals surface area contributed by atoms with Gasteiger partial charge in [-0.25, -0.2) is 4.79 Å². The van der Waals surface area contributed by atoms with Crippen LogP contribution in [0.15, 0.2) is 54.6 Å². The van der Waals surface area contributed by atoms with Gasteiger partial charge in [0.1, 0.15) is 12.7 Å². The van der Waals surface area contributed by atoms with Crippen LogP contribution in [0.2, 0.25) is 0 Å². The third-order valence-electron chi connectivity index (χ3n) is 3.44. The van der Waals surface area contributed by atoms with Gasteiger partial charge in [0, 0.05) is 13.5 Å². The zero-order valence-electron chi connectivity index (χ0n) is 13.8. The molecular formula is C19H21NO4. The zero-order valence-corrected chi connectivity index (χ0v) is 13.8. The Bertz CT molecular complexity index is 668. The van der Waals surface area contributed by atoms with Crippen molar-refractivity contribution in [2.45, 2.75) is 33.1 Å². The number of amides is 1. The molecule has 0 bridgehead atoms. The summed E-state index contributed by atoms with van der Waals surface area (Å²) < 4.78 is 10.3. The van der Waals surface area contributed by atoms with Crippen molar-refractivity contribution in [3.63, 3.8) is 0 Å². The molecule has 1 atom stereocenters. The zero-order chi connectivity index (χ0) is 17.4. The molecule has 0 aliphatic heterocycles. The molecule has 0 radical (unpaired) electrons. The lowest BCUT2D eigenvalue weighted by Gasteiger charge is -2.13. The third-order valence-corrected chi connectivity index (χ3v) is 3.44. The van der Waals surface area contributed by atoms with Gasteiger partial charge in [0.25, 0.3) is 0 Å². The van der Waals surface area contributed by atoms with Crippen molar-refractivity contribution in [1.29, 1.82) is 0 Å². The molecule has 0 fully saturated rings. The SMILES string of the molecule is CC(=O)OC(C)c1ccc(CNC(=O)OCc2ccccc2)cc1. The quantitative estimate of drug-likeness (QED) is 0.821. The lowest BCUT2D eigenvalue weighted by molar-refractivity contribution is -0.145. The number of carbonyl (C=O) groups excluding carboxylic acids is 2. The monoisotopic (exact) mass is 327 g/mol. The number of nitrogens with one attached hydrogen (secondary N) is 1. The van der Waals surface area contributed by atoms with Crippen molar-refractivity contribution in [2.75, 3.05) is 0 Å². The van der Waals surface area contributed by atoms with Crippen LogP contribution in [0.3, 0.4) is 0 Å². The van der Waals surface area contributed by atoms with Crippen LogP contribution in [0.25, 0.3) is 0 Å². The van der Waals surface area contributed by atoms with Crippen LogP contribution in [0.1, 0.15) is 36.6 Å². The largest absolute Gasteiger partial charge is 0.458 e. The first kappa shape index (κ1) is 17.5. The van der Waals surface area contributed by atoms with Crippen LogP contribution < -0.4 is 5.32 Å². The van der Waals surface area contributed by atoms with Crippen molar-refractivity contribution in [3.05, 3.63) is 71.3 Å². The van der Waals surface area contributed by atoms with Gasteiger partial charge in [-0.2, -0.15) is 0 Å². The maximum atomic E-state index is 11.7. The number of benzene rings is 2. The summed E-state index contributed by atoms with van der Waals surface area (Å²) in [6.45, 7) is 3.81. The number of alkyl carbamates (subject to hydrolysis) is 1. The Hall–Kier alpha value is -2.82. The summed E-state index contributed by atoms with van der Waals surface area (Å²) in [6, 6.07) is 17.0. The first-order valence-corrected chi connectivity index (χ1v) is 7.75. The number of rotatable bonds is 6. The summed E-state index contributed by atoms with van der Waals surface area (Å²) >= 11 is 0. The molecular weight excluding hydrogens is 306 g/mol. The Labute approximate surface area is 141 Å². The Morgan fingerprint density at radius 1 is 1.00 bits per heavy atom. The highest BCUT2D eigenvalue weighted by Gasteiger charge is 2.08. The van der Waals surface area contributed by atoms with E-state index in [4.69, 9.17) is 9.47 Å². The van der Waals surface area contributed by atoms with Crippen molar-refractivity contribution in [1.82, 2.24) is 5.32 Å². The standard InChI is InChI=1S/C19H21NO4/c1-14(24-15(2)21)18-10-8-16(9-11-18)12-20-19(22)23-13-17-6-4-3-5-7-17/h3-11,14H,12-13H2,1-2H3,(H,20,22). The van der Waals surface area contributed by atoms with Crippen LogP contribution in [-0.4, -0.2) is 12.1 Å². The topological polar surface area (TPSA) is 64.6 Å². The minimum Gasteiger partial charge on any atom is -0.458 e. The van der Waals surface area contributed by atoms with Gasteiger partial charge >= 0.3 is 12.1 Å². The molecule has 24 heavy (non-hydrogen) atoms.